The smallest absolute Gasteiger partial charge is 0.261 e. The van der Waals surface area contributed by atoms with Gasteiger partial charge in [0.2, 0.25) is 5.91 Å². The van der Waals surface area contributed by atoms with Crippen LogP contribution in [0.2, 0.25) is 0 Å². The number of anilines is 1. The second kappa shape index (κ2) is 10.0. The van der Waals surface area contributed by atoms with Crippen LogP contribution in [0.1, 0.15) is 40.5 Å². The summed E-state index contributed by atoms with van der Waals surface area (Å²) < 4.78 is 5.85. The van der Waals surface area contributed by atoms with Crippen molar-refractivity contribution in [3.8, 4) is 11.5 Å². The molecule has 4 aromatic rings. The summed E-state index contributed by atoms with van der Waals surface area (Å²) in [7, 11) is 0. The van der Waals surface area contributed by atoms with Gasteiger partial charge < -0.3 is 9.64 Å². The van der Waals surface area contributed by atoms with Crippen molar-refractivity contribution < 1.29 is 19.1 Å². The van der Waals surface area contributed by atoms with Gasteiger partial charge in [-0.3, -0.25) is 19.3 Å². The van der Waals surface area contributed by atoms with Crippen LogP contribution in [-0.2, 0) is 4.79 Å². The van der Waals surface area contributed by atoms with E-state index in [-0.39, 0.29) is 24.3 Å². The normalized spacial score (nSPS) is 12.6. The van der Waals surface area contributed by atoms with Crippen LogP contribution in [0.4, 0.5) is 5.69 Å². The molecule has 4 aromatic carbocycles. The maximum atomic E-state index is 13.1. The van der Waals surface area contributed by atoms with Crippen molar-refractivity contribution >= 4 is 34.2 Å². The number of hydrogen-bond acceptors (Lipinski definition) is 4. The van der Waals surface area contributed by atoms with E-state index >= 15 is 0 Å². The number of carbonyl (C=O) groups is 3. The molecule has 0 saturated carbocycles. The molecule has 6 nitrogen and oxygen atoms in total. The van der Waals surface area contributed by atoms with Crippen LogP contribution in [0.15, 0.2) is 91.0 Å². The Morgan fingerprint density at radius 1 is 0.778 bits per heavy atom. The fourth-order valence-electron chi connectivity index (χ4n) is 4.58. The Morgan fingerprint density at radius 2 is 1.39 bits per heavy atom. The monoisotopic (exact) mass is 478 g/mol. The van der Waals surface area contributed by atoms with Crippen LogP contribution in [-0.4, -0.2) is 35.7 Å². The van der Waals surface area contributed by atoms with Crippen molar-refractivity contribution in [3.05, 3.63) is 102 Å². The van der Waals surface area contributed by atoms with E-state index in [1.54, 1.807) is 17.0 Å². The summed E-state index contributed by atoms with van der Waals surface area (Å²) in [5.74, 6) is 0.796. The highest BCUT2D eigenvalue weighted by molar-refractivity contribution is 6.25. The first-order valence-corrected chi connectivity index (χ1v) is 12.1. The number of imide groups is 1. The predicted octanol–water partition coefficient (Wildman–Crippen LogP) is 6.06. The number of rotatable bonds is 8. The molecule has 6 heteroatoms. The summed E-state index contributed by atoms with van der Waals surface area (Å²) in [6, 6.07) is 27.8. The van der Waals surface area contributed by atoms with E-state index in [4.69, 9.17) is 4.74 Å². The molecule has 0 atom stereocenters. The number of nitrogens with zero attached hydrogens (tertiary/aromatic N) is 2. The van der Waals surface area contributed by atoms with E-state index in [1.807, 2.05) is 85.8 Å². The van der Waals surface area contributed by atoms with E-state index in [0.29, 0.717) is 41.6 Å². The van der Waals surface area contributed by atoms with Crippen molar-refractivity contribution in [2.45, 2.75) is 19.8 Å². The van der Waals surface area contributed by atoms with Gasteiger partial charge >= 0.3 is 0 Å². The van der Waals surface area contributed by atoms with Gasteiger partial charge in [-0.15, -0.1) is 0 Å². The fraction of sp³-hybridized carbons (Fsp3) is 0.167. The first-order chi connectivity index (χ1) is 17.6. The molecule has 5 rings (SSSR count). The molecule has 1 heterocycles. The molecule has 0 unspecified atom stereocenters. The molecule has 1 aliphatic heterocycles. The van der Waals surface area contributed by atoms with Gasteiger partial charge in [0.05, 0.1) is 0 Å². The van der Waals surface area contributed by atoms with E-state index in [1.165, 1.54) is 4.90 Å². The lowest BCUT2D eigenvalue weighted by Crippen LogP contribution is -2.42. The number of carbonyl (C=O) groups excluding carboxylic acids is 3. The maximum Gasteiger partial charge on any atom is 0.261 e. The molecule has 3 amide bonds. The van der Waals surface area contributed by atoms with Gasteiger partial charge in [-0.25, -0.2) is 0 Å². The van der Waals surface area contributed by atoms with Gasteiger partial charge in [0.25, 0.3) is 11.8 Å². The minimum atomic E-state index is -0.292. The Hall–Kier alpha value is -4.45. The zero-order valence-electron chi connectivity index (χ0n) is 20.0. The molecular weight excluding hydrogens is 452 g/mol. The fourth-order valence-corrected chi connectivity index (χ4v) is 4.58. The molecule has 0 radical (unpaired) electrons. The molecule has 180 valence electrons. The number of hydrogen-bond donors (Lipinski definition) is 0. The summed E-state index contributed by atoms with van der Waals surface area (Å²) in [6.07, 6.45) is 0.808. The SMILES string of the molecule is CCC(=O)N(CCCN1C(=O)c2cccc3cccc(c23)C1=O)c1ccc(Oc2ccccc2)cc1. The molecule has 0 saturated heterocycles. The van der Waals surface area contributed by atoms with Crippen LogP contribution in [0.3, 0.4) is 0 Å². The number of para-hydroxylation sites is 1. The van der Waals surface area contributed by atoms with Crippen molar-refractivity contribution in [1.82, 2.24) is 4.90 Å². The zero-order valence-corrected chi connectivity index (χ0v) is 20.0. The summed E-state index contributed by atoms with van der Waals surface area (Å²) >= 11 is 0. The minimum absolute atomic E-state index is 0.0295. The average Bonchev–Trinajstić information content (AvgIpc) is 2.92. The second-order valence-electron chi connectivity index (χ2n) is 8.63. The first-order valence-electron chi connectivity index (χ1n) is 12.1. The molecule has 0 aromatic heterocycles. The van der Waals surface area contributed by atoms with E-state index < -0.39 is 0 Å². The zero-order chi connectivity index (χ0) is 25.1. The first kappa shape index (κ1) is 23.3. The van der Waals surface area contributed by atoms with Crippen LogP contribution >= 0.6 is 0 Å². The van der Waals surface area contributed by atoms with E-state index in [0.717, 1.165) is 16.8 Å². The minimum Gasteiger partial charge on any atom is -0.457 e. The summed E-state index contributed by atoms with van der Waals surface area (Å²) in [4.78, 5) is 42.0. The third kappa shape index (κ3) is 4.45. The average molecular weight is 479 g/mol. The quantitative estimate of drug-likeness (QED) is 0.289. The lowest BCUT2D eigenvalue weighted by molar-refractivity contribution is -0.118. The maximum absolute atomic E-state index is 13.1. The highest BCUT2D eigenvalue weighted by Gasteiger charge is 2.32. The molecule has 0 spiro atoms. The summed E-state index contributed by atoms with van der Waals surface area (Å²) in [5, 5.41) is 1.60. The molecule has 36 heavy (non-hydrogen) atoms. The van der Waals surface area contributed by atoms with Gasteiger partial charge in [-0.2, -0.15) is 0 Å². The highest BCUT2D eigenvalue weighted by atomic mass is 16.5. The van der Waals surface area contributed by atoms with Crippen LogP contribution in [0, 0.1) is 0 Å². The van der Waals surface area contributed by atoms with Gasteiger partial charge in [-0.1, -0.05) is 49.4 Å². The van der Waals surface area contributed by atoms with E-state index in [2.05, 4.69) is 0 Å². The number of benzene rings is 4. The van der Waals surface area contributed by atoms with Crippen LogP contribution < -0.4 is 9.64 Å². The third-order valence-corrected chi connectivity index (χ3v) is 6.35. The molecule has 0 N–H and O–H groups in total. The molecule has 0 aliphatic carbocycles. The molecule has 0 fully saturated rings. The van der Waals surface area contributed by atoms with Crippen molar-refractivity contribution in [3.63, 3.8) is 0 Å². The van der Waals surface area contributed by atoms with Gasteiger partial charge in [0.1, 0.15) is 11.5 Å². The van der Waals surface area contributed by atoms with Gasteiger partial charge in [0.15, 0.2) is 0 Å². The lowest BCUT2D eigenvalue weighted by Gasteiger charge is -2.28. The second-order valence-corrected chi connectivity index (χ2v) is 8.63. The predicted molar refractivity (Wildman–Crippen MR) is 140 cm³/mol. The van der Waals surface area contributed by atoms with Gasteiger partial charge in [-0.05, 0) is 60.3 Å². The molecular formula is C30H26N2O4. The van der Waals surface area contributed by atoms with Gasteiger partial charge in [0, 0.05) is 41.7 Å². The molecule has 0 bridgehead atoms. The third-order valence-electron chi connectivity index (χ3n) is 6.35. The lowest BCUT2D eigenvalue weighted by atomic mass is 9.94. The molecule has 1 aliphatic rings. The summed E-state index contributed by atoms with van der Waals surface area (Å²) in [6.45, 7) is 2.43. The number of amides is 3. The largest absolute Gasteiger partial charge is 0.457 e. The van der Waals surface area contributed by atoms with Crippen LogP contribution in [0.25, 0.3) is 10.8 Å². The van der Waals surface area contributed by atoms with Crippen LogP contribution in [0.5, 0.6) is 11.5 Å². The Labute approximate surface area is 209 Å². The Kier molecular flexibility index (Phi) is 6.50. The summed E-state index contributed by atoms with van der Waals surface area (Å²) in [5.41, 5.74) is 1.82. The van der Waals surface area contributed by atoms with E-state index in [9.17, 15) is 14.4 Å². The Bertz CT molecular complexity index is 1380. The Balaban J connectivity index is 1.29. The number of ether oxygens (including phenoxy) is 1. The van der Waals surface area contributed by atoms with Crippen molar-refractivity contribution in [2.75, 3.05) is 18.0 Å². The van der Waals surface area contributed by atoms with Crippen molar-refractivity contribution in [1.29, 1.82) is 0 Å². The highest BCUT2D eigenvalue weighted by Crippen LogP contribution is 2.30. The topological polar surface area (TPSA) is 66.9 Å². The Morgan fingerprint density at radius 3 is 2.00 bits per heavy atom. The standard InChI is InChI=1S/C30H26N2O4/c1-2-27(33)31(22-15-17-24(18-16-22)36-23-11-4-3-5-12-23)19-8-20-32-29(34)25-13-6-9-21-10-7-14-26(28(21)25)30(32)35/h3-7,9-18H,2,8,19-20H2,1H3. The van der Waals surface area contributed by atoms with Crippen molar-refractivity contribution in [2.24, 2.45) is 0 Å².